The number of hydrogen-bond acceptors (Lipinski definition) is 3. The van der Waals surface area contributed by atoms with Gasteiger partial charge < -0.3 is 5.32 Å². The van der Waals surface area contributed by atoms with Crippen LogP contribution < -0.4 is 5.32 Å². The van der Waals surface area contributed by atoms with Crippen molar-refractivity contribution in [1.29, 1.82) is 0 Å². The van der Waals surface area contributed by atoms with Gasteiger partial charge in [-0.15, -0.1) is 0 Å². The van der Waals surface area contributed by atoms with E-state index in [-0.39, 0.29) is 0 Å². The van der Waals surface area contributed by atoms with Crippen LogP contribution in [0.25, 0.3) is 0 Å². The van der Waals surface area contributed by atoms with Gasteiger partial charge in [-0.25, -0.2) is 9.97 Å². The Balaban J connectivity index is 2.43. The Kier molecular flexibility index (Phi) is 5.26. The summed E-state index contributed by atoms with van der Waals surface area (Å²) in [5.74, 6) is 0.787. The van der Waals surface area contributed by atoms with Crippen LogP contribution in [0.4, 0.5) is 0 Å². The highest BCUT2D eigenvalue weighted by Gasteiger charge is 2.09. The molecule has 0 aliphatic carbocycles. The van der Waals surface area contributed by atoms with Gasteiger partial charge in [0.05, 0.1) is 0 Å². The van der Waals surface area contributed by atoms with Gasteiger partial charge in [-0.05, 0) is 19.4 Å². The summed E-state index contributed by atoms with van der Waals surface area (Å²) in [4.78, 5) is 8.09. The van der Waals surface area contributed by atoms with Crippen molar-refractivity contribution in [2.45, 2.75) is 39.2 Å². The summed E-state index contributed by atoms with van der Waals surface area (Å²) in [7, 11) is 1.99. The van der Waals surface area contributed by atoms with Gasteiger partial charge in [-0.3, -0.25) is 0 Å². The third kappa shape index (κ3) is 4.38. The molecule has 0 amide bonds. The highest BCUT2D eigenvalue weighted by molar-refractivity contribution is 5.08. The minimum absolute atomic E-state index is 0.393. The van der Waals surface area contributed by atoms with Crippen LogP contribution in [-0.2, 0) is 0 Å². The normalized spacial score (nSPS) is 13.1. The Morgan fingerprint density at radius 1 is 1.20 bits per heavy atom. The average molecular weight is 207 g/mol. The Morgan fingerprint density at radius 3 is 2.40 bits per heavy atom. The molecular weight excluding hydrogens is 186 g/mol. The molecule has 1 rings (SSSR count). The Labute approximate surface area is 92.3 Å². The molecule has 0 saturated carbocycles. The van der Waals surface area contributed by atoms with Gasteiger partial charge in [0.25, 0.3) is 0 Å². The van der Waals surface area contributed by atoms with E-state index in [9.17, 15) is 0 Å². The standard InChI is InChI=1S/C12H21N3/c1-10(2)5-4-6-12(13-3)11-7-14-9-15-8-11/h7-10,12-13H,4-6H2,1-3H3. The quantitative estimate of drug-likeness (QED) is 0.779. The highest BCUT2D eigenvalue weighted by atomic mass is 14.9. The van der Waals surface area contributed by atoms with E-state index < -0.39 is 0 Å². The number of hydrogen-bond donors (Lipinski definition) is 1. The molecule has 0 aromatic carbocycles. The van der Waals surface area contributed by atoms with E-state index in [4.69, 9.17) is 0 Å². The summed E-state index contributed by atoms with van der Waals surface area (Å²) in [6, 6.07) is 0.393. The van der Waals surface area contributed by atoms with Crippen LogP contribution in [0.1, 0.15) is 44.7 Å². The van der Waals surface area contributed by atoms with Gasteiger partial charge in [-0.1, -0.05) is 26.7 Å². The first-order valence-corrected chi connectivity index (χ1v) is 5.66. The maximum absolute atomic E-state index is 4.05. The second-order valence-electron chi connectivity index (χ2n) is 4.34. The highest BCUT2D eigenvalue weighted by Crippen LogP contribution is 2.18. The van der Waals surface area contributed by atoms with Crippen molar-refractivity contribution < 1.29 is 0 Å². The van der Waals surface area contributed by atoms with Crippen molar-refractivity contribution in [2.24, 2.45) is 5.92 Å². The van der Waals surface area contributed by atoms with Crippen molar-refractivity contribution in [1.82, 2.24) is 15.3 Å². The molecule has 1 unspecified atom stereocenters. The Bertz CT molecular complexity index is 259. The number of aromatic nitrogens is 2. The topological polar surface area (TPSA) is 37.8 Å². The van der Waals surface area contributed by atoms with Gasteiger partial charge in [0.1, 0.15) is 6.33 Å². The minimum atomic E-state index is 0.393. The zero-order chi connectivity index (χ0) is 11.1. The number of nitrogens with one attached hydrogen (secondary N) is 1. The van der Waals surface area contributed by atoms with E-state index in [1.54, 1.807) is 6.33 Å². The summed E-state index contributed by atoms with van der Waals surface area (Å²) in [5.41, 5.74) is 1.18. The Hall–Kier alpha value is -0.960. The van der Waals surface area contributed by atoms with Crippen LogP contribution in [0.5, 0.6) is 0 Å². The van der Waals surface area contributed by atoms with Crippen molar-refractivity contribution in [2.75, 3.05) is 7.05 Å². The van der Waals surface area contributed by atoms with Crippen molar-refractivity contribution >= 4 is 0 Å². The van der Waals surface area contributed by atoms with Gasteiger partial charge in [0, 0.05) is 24.0 Å². The molecule has 0 fully saturated rings. The van der Waals surface area contributed by atoms with Crippen LogP contribution in [0.2, 0.25) is 0 Å². The zero-order valence-corrected chi connectivity index (χ0v) is 9.90. The van der Waals surface area contributed by atoms with Crippen LogP contribution in [0, 0.1) is 5.92 Å². The van der Waals surface area contributed by atoms with Crippen molar-refractivity contribution in [3.05, 3.63) is 24.3 Å². The second kappa shape index (κ2) is 6.51. The lowest BCUT2D eigenvalue weighted by Crippen LogP contribution is -2.16. The molecule has 0 bridgehead atoms. The smallest absolute Gasteiger partial charge is 0.115 e. The fraction of sp³-hybridized carbons (Fsp3) is 0.667. The van der Waals surface area contributed by atoms with Gasteiger partial charge >= 0.3 is 0 Å². The van der Waals surface area contributed by atoms with E-state index in [0.29, 0.717) is 6.04 Å². The van der Waals surface area contributed by atoms with Crippen molar-refractivity contribution in [3.8, 4) is 0 Å². The van der Waals surface area contributed by atoms with Crippen LogP contribution >= 0.6 is 0 Å². The third-order valence-electron chi connectivity index (χ3n) is 2.61. The lowest BCUT2D eigenvalue weighted by atomic mass is 10.00. The number of nitrogens with zero attached hydrogens (tertiary/aromatic N) is 2. The molecule has 0 aliphatic rings. The van der Waals surface area contributed by atoms with E-state index in [1.807, 2.05) is 19.4 Å². The lowest BCUT2D eigenvalue weighted by molar-refractivity contribution is 0.469. The van der Waals surface area contributed by atoms with Crippen LogP contribution in [-0.4, -0.2) is 17.0 Å². The molecule has 1 aromatic heterocycles. The van der Waals surface area contributed by atoms with E-state index in [0.717, 1.165) is 12.3 Å². The predicted molar refractivity (Wildman–Crippen MR) is 62.5 cm³/mol. The first-order valence-electron chi connectivity index (χ1n) is 5.66. The van der Waals surface area contributed by atoms with Crippen molar-refractivity contribution in [3.63, 3.8) is 0 Å². The first-order chi connectivity index (χ1) is 7.24. The molecule has 84 valence electrons. The summed E-state index contributed by atoms with van der Waals surface area (Å²) in [5, 5.41) is 3.31. The summed E-state index contributed by atoms with van der Waals surface area (Å²) >= 11 is 0. The van der Waals surface area contributed by atoms with Gasteiger partial charge in [0.15, 0.2) is 0 Å². The molecule has 0 spiro atoms. The van der Waals surface area contributed by atoms with E-state index >= 15 is 0 Å². The molecule has 1 atom stereocenters. The third-order valence-corrected chi connectivity index (χ3v) is 2.61. The van der Waals surface area contributed by atoms with E-state index in [2.05, 4.69) is 29.1 Å². The second-order valence-corrected chi connectivity index (χ2v) is 4.34. The lowest BCUT2D eigenvalue weighted by Gasteiger charge is -2.16. The molecule has 1 N–H and O–H groups in total. The molecular formula is C12H21N3. The van der Waals surface area contributed by atoms with Crippen LogP contribution in [0.3, 0.4) is 0 Å². The fourth-order valence-corrected chi connectivity index (χ4v) is 1.70. The number of rotatable bonds is 6. The average Bonchev–Trinajstić information content (AvgIpc) is 2.25. The SMILES string of the molecule is CNC(CCCC(C)C)c1cncnc1. The zero-order valence-electron chi connectivity index (χ0n) is 9.90. The summed E-state index contributed by atoms with van der Waals surface area (Å²) in [6.45, 7) is 4.53. The maximum atomic E-state index is 4.05. The molecule has 1 aromatic rings. The monoisotopic (exact) mass is 207 g/mol. The van der Waals surface area contributed by atoms with E-state index in [1.165, 1.54) is 18.4 Å². The molecule has 0 aliphatic heterocycles. The molecule has 3 heteroatoms. The fourth-order valence-electron chi connectivity index (χ4n) is 1.70. The maximum Gasteiger partial charge on any atom is 0.115 e. The predicted octanol–water partition coefficient (Wildman–Crippen LogP) is 2.56. The Morgan fingerprint density at radius 2 is 1.87 bits per heavy atom. The van der Waals surface area contributed by atoms with Gasteiger partial charge in [0.2, 0.25) is 0 Å². The molecule has 0 saturated heterocycles. The van der Waals surface area contributed by atoms with Gasteiger partial charge in [-0.2, -0.15) is 0 Å². The molecule has 15 heavy (non-hydrogen) atoms. The molecule has 1 heterocycles. The largest absolute Gasteiger partial charge is 0.313 e. The first kappa shape index (κ1) is 12.1. The summed E-state index contributed by atoms with van der Waals surface area (Å²) in [6.07, 6.45) is 9.05. The minimum Gasteiger partial charge on any atom is -0.313 e. The molecule has 3 nitrogen and oxygen atoms in total. The molecule has 0 radical (unpaired) electrons. The summed E-state index contributed by atoms with van der Waals surface area (Å²) < 4.78 is 0. The van der Waals surface area contributed by atoms with Crippen LogP contribution in [0.15, 0.2) is 18.7 Å².